The average Bonchev–Trinajstić information content (AvgIpc) is 2.21. The average molecular weight is 258 g/mol. The molecule has 0 unspecified atom stereocenters. The van der Waals surface area contributed by atoms with E-state index < -0.39 is 16.6 Å². The van der Waals surface area contributed by atoms with Gasteiger partial charge in [-0.05, 0) is 6.92 Å². The van der Waals surface area contributed by atoms with E-state index in [-0.39, 0.29) is 18.2 Å². The summed E-state index contributed by atoms with van der Waals surface area (Å²) >= 11 is 0. The summed E-state index contributed by atoms with van der Waals surface area (Å²) < 4.78 is 10.7. The molecular weight excluding hydrogens is 232 g/mol. The molecule has 0 rings (SSSR count). The van der Waals surface area contributed by atoms with Gasteiger partial charge in [0.25, 0.3) is 5.79 Å². The standard InChI is InChI=1S/C14H26O4/c1-9-18-14(17-8,10(15)12(2,3)4)11(16)13(5,6)7/h9H2,1-8H3. The first kappa shape index (κ1) is 17.3. The first-order chi connectivity index (χ1) is 7.93. The normalized spacial score (nSPS) is 13.6. The topological polar surface area (TPSA) is 52.6 Å². The zero-order valence-electron chi connectivity index (χ0n) is 12.8. The number of ketones is 2. The Hall–Kier alpha value is -0.740. The quantitative estimate of drug-likeness (QED) is 0.562. The molecule has 0 spiro atoms. The third kappa shape index (κ3) is 3.39. The van der Waals surface area contributed by atoms with Crippen LogP contribution in [0.15, 0.2) is 0 Å². The lowest BCUT2D eigenvalue weighted by atomic mass is 9.77. The Morgan fingerprint density at radius 3 is 1.39 bits per heavy atom. The molecule has 0 atom stereocenters. The van der Waals surface area contributed by atoms with Gasteiger partial charge in [0.15, 0.2) is 0 Å². The maximum atomic E-state index is 12.5. The third-order valence-corrected chi connectivity index (χ3v) is 2.60. The van der Waals surface area contributed by atoms with E-state index in [0.29, 0.717) is 0 Å². The van der Waals surface area contributed by atoms with Gasteiger partial charge >= 0.3 is 0 Å². The Morgan fingerprint density at radius 2 is 1.22 bits per heavy atom. The molecule has 0 N–H and O–H groups in total. The first-order valence-electron chi connectivity index (χ1n) is 6.22. The minimum absolute atomic E-state index is 0.234. The summed E-state index contributed by atoms with van der Waals surface area (Å²) in [4.78, 5) is 25.1. The molecule has 0 heterocycles. The first-order valence-corrected chi connectivity index (χ1v) is 6.22. The van der Waals surface area contributed by atoms with Crippen molar-refractivity contribution >= 4 is 11.6 Å². The van der Waals surface area contributed by atoms with Crippen molar-refractivity contribution in [1.82, 2.24) is 0 Å². The second kappa shape index (κ2) is 5.49. The highest BCUT2D eigenvalue weighted by Crippen LogP contribution is 2.33. The van der Waals surface area contributed by atoms with Crippen LogP contribution in [0.5, 0.6) is 0 Å². The lowest BCUT2D eigenvalue weighted by Crippen LogP contribution is -2.58. The number of hydrogen-bond donors (Lipinski definition) is 0. The molecule has 0 radical (unpaired) electrons. The van der Waals surface area contributed by atoms with Crippen molar-refractivity contribution in [2.75, 3.05) is 13.7 Å². The van der Waals surface area contributed by atoms with Crippen LogP contribution in [0.3, 0.4) is 0 Å². The maximum Gasteiger partial charge on any atom is 0.291 e. The van der Waals surface area contributed by atoms with Gasteiger partial charge in [0.2, 0.25) is 11.6 Å². The van der Waals surface area contributed by atoms with E-state index in [1.807, 2.05) is 0 Å². The Bertz CT molecular complexity index is 292. The van der Waals surface area contributed by atoms with Crippen LogP contribution in [0, 0.1) is 10.8 Å². The minimum atomic E-state index is -1.80. The summed E-state index contributed by atoms with van der Waals surface area (Å²) in [6.07, 6.45) is 0. The molecule has 0 aromatic heterocycles. The molecule has 0 aromatic carbocycles. The molecule has 106 valence electrons. The fraction of sp³-hybridized carbons (Fsp3) is 0.857. The summed E-state index contributed by atoms with van der Waals surface area (Å²) in [6, 6.07) is 0. The number of carbonyl (C=O) groups excluding carboxylic acids is 2. The third-order valence-electron chi connectivity index (χ3n) is 2.60. The molecule has 0 amide bonds. The van der Waals surface area contributed by atoms with Crippen molar-refractivity contribution in [3.05, 3.63) is 0 Å². The number of Topliss-reactive ketones (excluding diaryl/α,β-unsaturated/α-hetero) is 2. The molecule has 0 fully saturated rings. The van der Waals surface area contributed by atoms with Gasteiger partial charge in [-0.1, -0.05) is 41.5 Å². The smallest absolute Gasteiger partial charge is 0.291 e. The molecule has 18 heavy (non-hydrogen) atoms. The molecule has 4 nitrogen and oxygen atoms in total. The van der Waals surface area contributed by atoms with Crippen LogP contribution >= 0.6 is 0 Å². The summed E-state index contributed by atoms with van der Waals surface area (Å²) in [5, 5.41) is 0. The van der Waals surface area contributed by atoms with Crippen molar-refractivity contribution in [2.45, 2.75) is 54.3 Å². The van der Waals surface area contributed by atoms with Crippen molar-refractivity contribution in [1.29, 1.82) is 0 Å². The number of ether oxygens (including phenoxy) is 2. The highest BCUT2D eigenvalue weighted by Gasteiger charge is 2.54. The van der Waals surface area contributed by atoms with E-state index in [0.717, 1.165) is 0 Å². The lowest BCUT2D eigenvalue weighted by Gasteiger charge is -2.37. The van der Waals surface area contributed by atoms with Crippen LogP contribution in [0.4, 0.5) is 0 Å². The zero-order chi connectivity index (χ0) is 14.8. The lowest BCUT2D eigenvalue weighted by molar-refractivity contribution is -0.224. The number of carbonyl (C=O) groups is 2. The largest absolute Gasteiger partial charge is 0.341 e. The summed E-state index contributed by atoms with van der Waals surface area (Å²) in [7, 11) is 1.34. The molecule has 0 saturated heterocycles. The van der Waals surface area contributed by atoms with Crippen LogP contribution < -0.4 is 0 Å². The summed E-state index contributed by atoms with van der Waals surface area (Å²) in [5.74, 6) is -2.50. The molecule has 0 saturated carbocycles. The van der Waals surface area contributed by atoms with Crippen LogP contribution in [0.25, 0.3) is 0 Å². The van der Waals surface area contributed by atoms with E-state index in [1.54, 1.807) is 48.5 Å². The SMILES string of the molecule is CCOC(OC)(C(=O)C(C)(C)C)C(=O)C(C)(C)C. The van der Waals surface area contributed by atoms with Crippen molar-refractivity contribution in [2.24, 2.45) is 10.8 Å². The Labute approximate surface area is 110 Å². The van der Waals surface area contributed by atoms with Crippen LogP contribution in [0.2, 0.25) is 0 Å². The fourth-order valence-corrected chi connectivity index (χ4v) is 1.67. The highest BCUT2D eigenvalue weighted by molar-refractivity contribution is 6.12. The maximum absolute atomic E-state index is 12.5. The molecular formula is C14H26O4. The number of methoxy groups -OCH3 is 1. The van der Waals surface area contributed by atoms with Gasteiger partial charge in [-0.15, -0.1) is 0 Å². The van der Waals surface area contributed by atoms with Crippen molar-refractivity contribution in [3.8, 4) is 0 Å². The summed E-state index contributed by atoms with van der Waals surface area (Å²) in [6.45, 7) is 12.5. The van der Waals surface area contributed by atoms with E-state index in [2.05, 4.69) is 0 Å². The van der Waals surface area contributed by atoms with E-state index in [9.17, 15) is 9.59 Å². The van der Waals surface area contributed by atoms with E-state index in [4.69, 9.17) is 9.47 Å². The predicted octanol–water partition coefficient (Wildman–Crippen LogP) is 2.60. The van der Waals surface area contributed by atoms with Crippen molar-refractivity contribution in [3.63, 3.8) is 0 Å². The monoisotopic (exact) mass is 258 g/mol. The van der Waals surface area contributed by atoms with Gasteiger partial charge in [0.1, 0.15) is 0 Å². The van der Waals surface area contributed by atoms with Gasteiger partial charge in [-0.3, -0.25) is 9.59 Å². The van der Waals surface area contributed by atoms with E-state index in [1.165, 1.54) is 7.11 Å². The van der Waals surface area contributed by atoms with E-state index >= 15 is 0 Å². The second-order valence-corrected chi connectivity index (χ2v) is 6.41. The summed E-state index contributed by atoms with van der Waals surface area (Å²) in [5.41, 5.74) is -1.43. The van der Waals surface area contributed by atoms with Crippen molar-refractivity contribution < 1.29 is 19.1 Å². The predicted molar refractivity (Wildman–Crippen MR) is 70.3 cm³/mol. The van der Waals surface area contributed by atoms with Crippen LogP contribution in [-0.2, 0) is 19.1 Å². The number of hydrogen-bond acceptors (Lipinski definition) is 4. The second-order valence-electron chi connectivity index (χ2n) is 6.41. The zero-order valence-corrected chi connectivity index (χ0v) is 12.8. The Morgan fingerprint density at radius 1 is 0.889 bits per heavy atom. The minimum Gasteiger partial charge on any atom is -0.341 e. The van der Waals surface area contributed by atoms with Gasteiger partial charge < -0.3 is 9.47 Å². The van der Waals surface area contributed by atoms with Gasteiger partial charge in [-0.25, -0.2) is 0 Å². The molecule has 0 bridgehead atoms. The van der Waals surface area contributed by atoms with Crippen LogP contribution in [0.1, 0.15) is 48.5 Å². The molecule has 4 heteroatoms. The van der Waals surface area contributed by atoms with Crippen LogP contribution in [-0.4, -0.2) is 31.1 Å². The molecule has 0 aliphatic carbocycles. The molecule has 0 aliphatic rings. The molecule has 0 aromatic rings. The van der Waals surface area contributed by atoms with Gasteiger partial charge in [0, 0.05) is 24.5 Å². The number of rotatable bonds is 5. The fourth-order valence-electron chi connectivity index (χ4n) is 1.67. The Kier molecular flexibility index (Phi) is 5.27. The Balaban J connectivity index is 5.72. The van der Waals surface area contributed by atoms with Gasteiger partial charge in [0.05, 0.1) is 0 Å². The highest BCUT2D eigenvalue weighted by atomic mass is 16.7. The molecule has 0 aliphatic heterocycles. The van der Waals surface area contributed by atoms with Gasteiger partial charge in [-0.2, -0.15) is 0 Å².